The van der Waals surface area contributed by atoms with Crippen LogP contribution in [0.4, 0.5) is 4.79 Å². The fourth-order valence-electron chi connectivity index (χ4n) is 0.359. The van der Waals surface area contributed by atoms with Crippen molar-refractivity contribution in [2.45, 2.75) is 19.8 Å². The van der Waals surface area contributed by atoms with Gasteiger partial charge in [-0.25, -0.2) is 4.79 Å². The Bertz CT molecular complexity index is 83.1. The summed E-state index contributed by atoms with van der Waals surface area (Å²) >= 11 is 0. The third kappa shape index (κ3) is 5.14. The van der Waals surface area contributed by atoms with Gasteiger partial charge in [-0.15, -0.1) is 0 Å². The molecule has 0 saturated carbocycles. The zero-order valence-electron chi connectivity index (χ0n) is 5.81. The number of unbranched alkanes of at least 4 members (excludes halogenated alkanes) is 1. The minimum Gasteiger partial charge on any atom is -0.453 e. The average Bonchev–Trinajstić information content (AvgIpc) is 1.89. The molecule has 0 aromatic rings. The molecule has 3 heteroatoms. The van der Waals surface area contributed by atoms with Gasteiger partial charge in [0.1, 0.15) is 0 Å². The Balaban J connectivity index is 2.97. The van der Waals surface area contributed by atoms with E-state index < -0.39 is 6.09 Å². The molecule has 0 saturated heterocycles. The minimum atomic E-state index is -0.400. The first kappa shape index (κ1) is 8.27. The summed E-state index contributed by atoms with van der Waals surface area (Å²) in [5, 5.41) is 2.45. The SMILES string of the molecule is CCC[CH]NC(=O)OC. The molecule has 0 fully saturated rings. The third-order valence-electron chi connectivity index (χ3n) is 0.838. The first-order valence-electron chi connectivity index (χ1n) is 2.97. The van der Waals surface area contributed by atoms with Gasteiger partial charge in [0, 0.05) is 0 Å². The highest BCUT2D eigenvalue weighted by molar-refractivity contribution is 5.67. The fraction of sp³-hybridized carbons (Fsp3) is 0.667. The van der Waals surface area contributed by atoms with E-state index in [0.29, 0.717) is 0 Å². The van der Waals surface area contributed by atoms with E-state index in [4.69, 9.17) is 0 Å². The maximum atomic E-state index is 10.3. The van der Waals surface area contributed by atoms with E-state index >= 15 is 0 Å². The van der Waals surface area contributed by atoms with Gasteiger partial charge in [-0.2, -0.15) is 0 Å². The fourth-order valence-corrected chi connectivity index (χ4v) is 0.359. The molecular weight excluding hydrogens is 118 g/mol. The standard InChI is InChI=1S/C6H12NO2/c1-3-4-5-7-6(8)9-2/h5H,3-4H2,1-2H3,(H,7,8). The van der Waals surface area contributed by atoms with Crippen molar-refractivity contribution in [3.05, 3.63) is 6.54 Å². The number of hydrogen-bond acceptors (Lipinski definition) is 2. The molecule has 0 aliphatic heterocycles. The van der Waals surface area contributed by atoms with Crippen molar-refractivity contribution >= 4 is 6.09 Å². The van der Waals surface area contributed by atoms with Gasteiger partial charge >= 0.3 is 6.09 Å². The van der Waals surface area contributed by atoms with Crippen LogP contribution in [-0.4, -0.2) is 13.2 Å². The van der Waals surface area contributed by atoms with Crippen LogP contribution in [0.15, 0.2) is 0 Å². The lowest BCUT2D eigenvalue weighted by Gasteiger charge is -1.99. The molecule has 0 unspecified atom stereocenters. The normalized spacial score (nSPS) is 8.67. The van der Waals surface area contributed by atoms with Gasteiger partial charge < -0.3 is 10.1 Å². The molecule has 0 aliphatic rings. The summed E-state index contributed by atoms with van der Waals surface area (Å²) in [5.41, 5.74) is 0. The summed E-state index contributed by atoms with van der Waals surface area (Å²) in [7, 11) is 1.34. The van der Waals surface area contributed by atoms with E-state index in [1.165, 1.54) is 7.11 Å². The third-order valence-corrected chi connectivity index (χ3v) is 0.838. The van der Waals surface area contributed by atoms with E-state index in [-0.39, 0.29) is 0 Å². The number of carbonyl (C=O) groups excluding carboxylic acids is 1. The Labute approximate surface area is 55.4 Å². The highest BCUT2D eigenvalue weighted by Gasteiger charge is 1.93. The quantitative estimate of drug-likeness (QED) is 0.585. The summed E-state index contributed by atoms with van der Waals surface area (Å²) in [5.74, 6) is 0. The number of carbonyl (C=O) groups is 1. The number of methoxy groups -OCH3 is 1. The van der Waals surface area contributed by atoms with Crippen LogP contribution < -0.4 is 5.32 Å². The summed E-state index contributed by atoms with van der Waals surface area (Å²) in [6.07, 6.45) is 1.52. The topological polar surface area (TPSA) is 38.3 Å². The lowest BCUT2D eigenvalue weighted by atomic mass is 10.3. The van der Waals surface area contributed by atoms with Crippen LogP contribution in [0.5, 0.6) is 0 Å². The van der Waals surface area contributed by atoms with Gasteiger partial charge in [0.2, 0.25) is 0 Å². The van der Waals surface area contributed by atoms with Crippen molar-refractivity contribution in [2.24, 2.45) is 0 Å². The zero-order chi connectivity index (χ0) is 7.11. The van der Waals surface area contributed by atoms with Gasteiger partial charge in [0.25, 0.3) is 0 Å². The molecule has 0 aromatic carbocycles. The summed E-state index contributed by atoms with van der Waals surface area (Å²) in [6, 6.07) is 0. The lowest BCUT2D eigenvalue weighted by molar-refractivity contribution is 0.173. The summed E-state index contributed by atoms with van der Waals surface area (Å²) < 4.78 is 4.32. The maximum absolute atomic E-state index is 10.3. The number of nitrogens with one attached hydrogen (secondary N) is 1. The molecule has 1 radical (unpaired) electrons. The first-order valence-corrected chi connectivity index (χ1v) is 2.97. The van der Waals surface area contributed by atoms with E-state index in [9.17, 15) is 4.79 Å². The second kappa shape index (κ2) is 5.41. The van der Waals surface area contributed by atoms with Crippen LogP contribution in [0.25, 0.3) is 0 Å². The molecule has 1 N–H and O–H groups in total. The van der Waals surface area contributed by atoms with Crippen molar-refractivity contribution in [1.29, 1.82) is 0 Å². The minimum absolute atomic E-state index is 0.400. The van der Waals surface area contributed by atoms with Crippen LogP contribution in [0, 0.1) is 6.54 Å². The van der Waals surface area contributed by atoms with E-state index in [2.05, 4.69) is 10.1 Å². The van der Waals surface area contributed by atoms with Crippen molar-refractivity contribution in [3.8, 4) is 0 Å². The number of rotatable bonds is 3. The Morgan fingerprint density at radius 1 is 1.78 bits per heavy atom. The van der Waals surface area contributed by atoms with E-state index in [1.807, 2.05) is 6.92 Å². The van der Waals surface area contributed by atoms with Gasteiger partial charge in [0.15, 0.2) is 0 Å². The smallest absolute Gasteiger partial charge is 0.407 e. The number of hydrogen-bond donors (Lipinski definition) is 1. The average molecular weight is 130 g/mol. The van der Waals surface area contributed by atoms with Crippen LogP contribution in [0.1, 0.15) is 19.8 Å². The molecule has 9 heavy (non-hydrogen) atoms. The Morgan fingerprint density at radius 2 is 2.44 bits per heavy atom. The van der Waals surface area contributed by atoms with Gasteiger partial charge in [-0.3, -0.25) is 0 Å². The zero-order valence-corrected chi connectivity index (χ0v) is 5.81. The molecule has 3 nitrogen and oxygen atoms in total. The van der Waals surface area contributed by atoms with Crippen LogP contribution in [0.2, 0.25) is 0 Å². The molecular formula is C6H12NO2. The first-order chi connectivity index (χ1) is 4.31. The van der Waals surface area contributed by atoms with Crippen molar-refractivity contribution in [3.63, 3.8) is 0 Å². The molecule has 1 amide bonds. The Morgan fingerprint density at radius 3 is 2.89 bits per heavy atom. The molecule has 0 atom stereocenters. The highest BCUT2D eigenvalue weighted by atomic mass is 16.5. The second-order valence-electron chi connectivity index (χ2n) is 1.63. The molecule has 0 aliphatic carbocycles. The Kier molecular flexibility index (Phi) is 4.97. The van der Waals surface area contributed by atoms with Crippen LogP contribution in [-0.2, 0) is 4.74 Å². The predicted molar refractivity (Wildman–Crippen MR) is 34.7 cm³/mol. The second-order valence-corrected chi connectivity index (χ2v) is 1.63. The van der Waals surface area contributed by atoms with Gasteiger partial charge in [0.05, 0.1) is 13.7 Å². The van der Waals surface area contributed by atoms with Crippen LogP contribution >= 0.6 is 0 Å². The van der Waals surface area contributed by atoms with E-state index in [1.54, 1.807) is 6.54 Å². The monoisotopic (exact) mass is 130 g/mol. The number of ether oxygens (including phenoxy) is 1. The molecule has 53 valence electrons. The summed E-state index contributed by atoms with van der Waals surface area (Å²) in [6.45, 7) is 3.72. The number of amides is 1. The maximum Gasteiger partial charge on any atom is 0.407 e. The van der Waals surface area contributed by atoms with Crippen molar-refractivity contribution in [1.82, 2.24) is 5.32 Å². The van der Waals surface area contributed by atoms with Gasteiger partial charge in [-0.1, -0.05) is 13.3 Å². The van der Waals surface area contributed by atoms with Gasteiger partial charge in [-0.05, 0) is 6.42 Å². The molecule has 0 aromatic heterocycles. The molecule has 0 rings (SSSR count). The highest BCUT2D eigenvalue weighted by Crippen LogP contribution is 1.87. The lowest BCUT2D eigenvalue weighted by Crippen LogP contribution is -2.19. The molecule has 0 bridgehead atoms. The summed E-state index contributed by atoms with van der Waals surface area (Å²) in [4.78, 5) is 10.3. The number of alkyl carbamates (subject to hydrolysis) is 1. The van der Waals surface area contributed by atoms with Crippen molar-refractivity contribution < 1.29 is 9.53 Å². The predicted octanol–water partition coefficient (Wildman–Crippen LogP) is 1.30. The molecule has 0 heterocycles. The molecule has 0 spiro atoms. The van der Waals surface area contributed by atoms with Crippen LogP contribution in [0.3, 0.4) is 0 Å². The largest absolute Gasteiger partial charge is 0.453 e. The Hall–Kier alpha value is -0.730. The van der Waals surface area contributed by atoms with E-state index in [0.717, 1.165) is 12.8 Å². The van der Waals surface area contributed by atoms with Crippen molar-refractivity contribution in [2.75, 3.05) is 7.11 Å².